The molecule has 82 valence electrons. The van der Waals surface area contributed by atoms with Gasteiger partial charge in [-0.3, -0.25) is 0 Å². The molecule has 0 aliphatic carbocycles. The Hall–Kier alpha value is -1.41. The molecule has 16 heavy (non-hydrogen) atoms. The van der Waals surface area contributed by atoms with Crippen molar-refractivity contribution in [1.29, 1.82) is 0 Å². The number of aryl methyl sites for hydroxylation is 1. The quantitative estimate of drug-likeness (QED) is 0.804. The van der Waals surface area contributed by atoms with Crippen molar-refractivity contribution in [2.45, 2.75) is 17.6 Å². The summed E-state index contributed by atoms with van der Waals surface area (Å²) in [6.07, 6.45) is 0. The first kappa shape index (κ1) is 11.1. The van der Waals surface area contributed by atoms with Gasteiger partial charge in [0.2, 0.25) is 0 Å². The molecule has 0 aliphatic heterocycles. The molecule has 1 nitrogen and oxygen atoms in total. The van der Waals surface area contributed by atoms with E-state index in [2.05, 4.69) is 31.2 Å². The molecule has 2 heteroatoms. The largest absolute Gasteiger partial charge is 0.508 e. The van der Waals surface area contributed by atoms with Gasteiger partial charge in [-0.2, -0.15) is 0 Å². The van der Waals surface area contributed by atoms with Crippen LogP contribution < -0.4 is 0 Å². The van der Waals surface area contributed by atoms with Gasteiger partial charge < -0.3 is 5.11 Å². The first-order chi connectivity index (χ1) is 7.74. The molecule has 1 N–H and O–H groups in total. The summed E-state index contributed by atoms with van der Waals surface area (Å²) in [7, 11) is 0. The van der Waals surface area contributed by atoms with Crippen LogP contribution in [0.15, 0.2) is 53.4 Å². The monoisotopic (exact) mass is 230 g/mol. The second-order valence-electron chi connectivity index (χ2n) is 3.77. The number of hydrogen-bond donors (Lipinski definition) is 1. The van der Waals surface area contributed by atoms with Crippen molar-refractivity contribution < 1.29 is 5.11 Å². The van der Waals surface area contributed by atoms with Crippen LogP contribution in [0, 0.1) is 6.92 Å². The highest BCUT2D eigenvalue weighted by molar-refractivity contribution is 7.98. The van der Waals surface area contributed by atoms with Gasteiger partial charge in [0.1, 0.15) is 5.75 Å². The minimum Gasteiger partial charge on any atom is -0.508 e. The molecule has 0 bridgehead atoms. The zero-order chi connectivity index (χ0) is 11.4. The summed E-state index contributed by atoms with van der Waals surface area (Å²) >= 11 is 1.78. The van der Waals surface area contributed by atoms with Crippen LogP contribution in [0.4, 0.5) is 0 Å². The van der Waals surface area contributed by atoms with Crippen molar-refractivity contribution in [3.05, 3.63) is 59.7 Å². The third-order valence-corrected chi connectivity index (χ3v) is 3.45. The summed E-state index contributed by atoms with van der Waals surface area (Å²) in [5.41, 5.74) is 2.61. The minimum absolute atomic E-state index is 0.319. The molecule has 2 aromatic rings. The van der Waals surface area contributed by atoms with Crippen LogP contribution in [0.1, 0.15) is 11.1 Å². The van der Waals surface area contributed by atoms with Gasteiger partial charge in [-0.15, -0.1) is 11.8 Å². The molecule has 0 atom stereocenters. The minimum atomic E-state index is 0.319. The lowest BCUT2D eigenvalue weighted by Crippen LogP contribution is -1.80. The van der Waals surface area contributed by atoms with Gasteiger partial charge in [0.05, 0.1) is 0 Å². The fraction of sp³-hybridized carbons (Fsp3) is 0.143. The van der Waals surface area contributed by atoms with Crippen molar-refractivity contribution in [3.8, 4) is 5.75 Å². The van der Waals surface area contributed by atoms with Gasteiger partial charge in [0.15, 0.2) is 0 Å². The van der Waals surface area contributed by atoms with E-state index >= 15 is 0 Å². The van der Waals surface area contributed by atoms with E-state index in [1.165, 1.54) is 16.0 Å². The molecule has 2 aromatic carbocycles. The molecule has 0 saturated heterocycles. The summed E-state index contributed by atoms with van der Waals surface area (Å²) in [6, 6.07) is 15.9. The fourth-order valence-electron chi connectivity index (χ4n) is 1.39. The Morgan fingerprint density at radius 2 is 1.56 bits per heavy atom. The SMILES string of the molecule is Cc1ccc(CSc2ccc(O)cc2)cc1. The van der Waals surface area contributed by atoms with Crippen molar-refractivity contribution >= 4 is 11.8 Å². The maximum Gasteiger partial charge on any atom is 0.115 e. The number of rotatable bonds is 3. The Morgan fingerprint density at radius 1 is 0.938 bits per heavy atom. The number of hydrogen-bond acceptors (Lipinski definition) is 2. The van der Waals surface area contributed by atoms with Crippen molar-refractivity contribution in [2.24, 2.45) is 0 Å². The number of benzene rings is 2. The predicted octanol–water partition coefficient (Wildman–Crippen LogP) is 3.99. The standard InChI is InChI=1S/C14H14OS/c1-11-2-4-12(5-3-11)10-16-14-8-6-13(15)7-9-14/h2-9,15H,10H2,1H3. The third kappa shape index (κ3) is 3.04. The highest BCUT2D eigenvalue weighted by Gasteiger charge is 1.96. The van der Waals surface area contributed by atoms with E-state index < -0.39 is 0 Å². The van der Waals surface area contributed by atoms with Crippen LogP contribution in [0.25, 0.3) is 0 Å². The predicted molar refractivity (Wildman–Crippen MR) is 68.8 cm³/mol. The van der Waals surface area contributed by atoms with Crippen molar-refractivity contribution in [2.75, 3.05) is 0 Å². The lowest BCUT2D eigenvalue weighted by atomic mass is 10.2. The van der Waals surface area contributed by atoms with Crippen LogP contribution in [0.5, 0.6) is 5.75 Å². The lowest BCUT2D eigenvalue weighted by Gasteiger charge is -2.02. The average Bonchev–Trinajstić information content (AvgIpc) is 2.30. The van der Waals surface area contributed by atoms with Crippen LogP contribution in [0.2, 0.25) is 0 Å². The maximum atomic E-state index is 9.16. The zero-order valence-corrected chi connectivity index (χ0v) is 10.00. The molecule has 0 aromatic heterocycles. The maximum absolute atomic E-state index is 9.16. The van der Waals surface area contributed by atoms with E-state index in [1.807, 2.05) is 12.1 Å². The van der Waals surface area contributed by atoms with Crippen LogP contribution >= 0.6 is 11.8 Å². The lowest BCUT2D eigenvalue weighted by molar-refractivity contribution is 0.475. The summed E-state index contributed by atoms with van der Waals surface area (Å²) in [6.45, 7) is 2.09. The smallest absolute Gasteiger partial charge is 0.115 e. The molecule has 0 spiro atoms. The third-order valence-electron chi connectivity index (χ3n) is 2.36. The van der Waals surface area contributed by atoms with E-state index in [0.717, 1.165) is 5.75 Å². The Kier molecular flexibility index (Phi) is 3.52. The Morgan fingerprint density at radius 3 is 2.19 bits per heavy atom. The number of phenols is 1. The van der Waals surface area contributed by atoms with E-state index in [-0.39, 0.29) is 0 Å². The molecular weight excluding hydrogens is 216 g/mol. The summed E-state index contributed by atoms with van der Waals surface area (Å²) in [5, 5.41) is 9.16. The van der Waals surface area contributed by atoms with Gasteiger partial charge in [0, 0.05) is 10.6 Å². The molecule has 0 saturated carbocycles. The van der Waals surface area contributed by atoms with Crippen molar-refractivity contribution in [3.63, 3.8) is 0 Å². The number of thioether (sulfide) groups is 1. The molecule has 0 radical (unpaired) electrons. The normalized spacial score (nSPS) is 10.3. The summed E-state index contributed by atoms with van der Waals surface area (Å²) in [5.74, 6) is 1.28. The number of aromatic hydroxyl groups is 1. The Labute approximate surface area is 100 Å². The topological polar surface area (TPSA) is 20.2 Å². The zero-order valence-electron chi connectivity index (χ0n) is 9.18. The van der Waals surface area contributed by atoms with E-state index in [9.17, 15) is 0 Å². The van der Waals surface area contributed by atoms with Gasteiger partial charge >= 0.3 is 0 Å². The van der Waals surface area contributed by atoms with Gasteiger partial charge in [0.25, 0.3) is 0 Å². The Bertz CT molecular complexity index is 400. The Balaban J connectivity index is 1.97. The first-order valence-corrected chi connectivity index (χ1v) is 6.20. The second kappa shape index (κ2) is 5.08. The second-order valence-corrected chi connectivity index (χ2v) is 4.82. The molecule has 2 rings (SSSR count). The van der Waals surface area contributed by atoms with Gasteiger partial charge in [-0.25, -0.2) is 0 Å². The molecule has 0 aliphatic rings. The van der Waals surface area contributed by atoms with Crippen LogP contribution in [-0.4, -0.2) is 5.11 Å². The average molecular weight is 230 g/mol. The summed E-state index contributed by atoms with van der Waals surface area (Å²) < 4.78 is 0. The highest BCUT2D eigenvalue weighted by Crippen LogP contribution is 2.24. The van der Waals surface area contributed by atoms with Crippen LogP contribution in [0.3, 0.4) is 0 Å². The molecule has 0 unspecified atom stereocenters. The van der Waals surface area contributed by atoms with Gasteiger partial charge in [-0.1, -0.05) is 29.8 Å². The van der Waals surface area contributed by atoms with E-state index in [1.54, 1.807) is 23.9 Å². The first-order valence-electron chi connectivity index (χ1n) is 5.21. The van der Waals surface area contributed by atoms with E-state index in [4.69, 9.17) is 5.11 Å². The molecular formula is C14H14OS. The van der Waals surface area contributed by atoms with Gasteiger partial charge in [-0.05, 0) is 36.8 Å². The highest BCUT2D eigenvalue weighted by atomic mass is 32.2. The van der Waals surface area contributed by atoms with E-state index in [0.29, 0.717) is 5.75 Å². The fourth-order valence-corrected chi connectivity index (χ4v) is 2.25. The molecule has 0 heterocycles. The molecule has 0 amide bonds. The summed E-state index contributed by atoms with van der Waals surface area (Å²) in [4.78, 5) is 1.18. The van der Waals surface area contributed by atoms with Crippen LogP contribution in [-0.2, 0) is 5.75 Å². The number of phenolic OH excluding ortho intramolecular Hbond substituents is 1. The van der Waals surface area contributed by atoms with Crippen molar-refractivity contribution in [1.82, 2.24) is 0 Å². The molecule has 0 fully saturated rings.